The van der Waals surface area contributed by atoms with Gasteiger partial charge in [-0.1, -0.05) is 6.92 Å². The van der Waals surface area contributed by atoms with E-state index in [2.05, 4.69) is 10.6 Å². The molecule has 2 saturated heterocycles. The molecule has 0 aromatic rings. The van der Waals surface area contributed by atoms with E-state index in [4.69, 9.17) is 0 Å². The molecule has 0 spiro atoms. The van der Waals surface area contributed by atoms with Crippen LogP contribution in [0.15, 0.2) is 10.6 Å². The highest BCUT2D eigenvalue weighted by molar-refractivity contribution is 8.03. The van der Waals surface area contributed by atoms with Gasteiger partial charge in [0.15, 0.2) is 0 Å². The summed E-state index contributed by atoms with van der Waals surface area (Å²) in [6.07, 6.45) is 0.904. The average Bonchev–Trinajstić information content (AvgIpc) is 3.14. The number of carbonyl (C=O) groups is 2. The lowest BCUT2D eigenvalue weighted by Gasteiger charge is -2.46. The summed E-state index contributed by atoms with van der Waals surface area (Å²) >= 11 is 1.55. The van der Waals surface area contributed by atoms with Gasteiger partial charge >= 0.3 is 5.97 Å². The summed E-state index contributed by atoms with van der Waals surface area (Å²) in [7, 11) is 1.83. The van der Waals surface area contributed by atoms with Crippen LogP contribution in [-0.2, 0) is 9.59 Å². The first kappa shape index (κ1) is 20.6. The Labute approximate surface area is 163 Å². The molecule has 0 aliphatic carbocycles. The minimum absolute atomic E-state index is 0.0387. The van der Waals surface area contributed by atoms with Gasteiger partial charge in [-0.05, 0) is 26.8 Å². The lowest BCUT2D eigenvalue weighted by Crippen LogP contribution is -2.63. The number of aliphatic hydroxyl groups is 2. The molecular formula is C18H29N3O5S. The molecule has 3 heterocycles. The van der Waals surface area contributed by atoms with Crippen LogP contribution in [0, 0.1) is 11.8 Å². The van der Waals surface area contributed by atoms with Crippen molar-refractivity contribution in [3.8, 4) is 0 Å². The Bertz CT molecular complexity index is 636. The fourth-order valence-corrected chi connectivity index (χ4v) is 6.06. The normalized spacial score (nSPS) is 35.2. The summed E-state index contributed by atoms with van der Waals surface area (Å²) < 4.78 is 0. The van der Waals surface area contributed by atoms with Crippen molar-refractivity contribution in [3.05, 3.63) is 10.6 Å². The van der Waals surface area contributed by atoms with Crippen molar-refractivity contribution < 1.29 is 24.9 Å². The van der Waals surface area contributed by atoms with Crippen LogP contribution in [0.2, 0.25) is 0 Å². The molecule has 8 nitrogen and oxygen atoms in total. The van der Waals surface area contributed by atoms with Crippen LogP contribution < -0.4 is 10.6 Å². The summed E-state index contributed by atoms with van der Waals surface area (Å²) in [6, 6.07) is 0.0395. The van der Waals surface area contributed by atoms with E-state index in [9.17, 15) is 24.9 Å². The molecule has 0 aromatic carbocycles. The Hall–Kier alpha value is -1.13. The molecule has 3 rings (SSSR count). The molecule has 9 heteroatoms. The molecule has 1 unspecified atom stereocenters. The number of hydrogen-bond acceptors (Lipinski definition) is 7. The van der Waals surface area contributed by atoms with Gasteiger partial charge in [0.05, 0.1) is 24.7 Å². The van der Waals surface area contributed by atoms with Crippen LogP contribution in [0.3, 0.4) is 0 Å². The van der Waals surface area contributed by atoms with E-state index >= 15 is 0 Å². The standard InChI is InChI=1S/C18H29N3O5S/c1-8-14-13(9(2)23)17(24)21(14)15(18(25)26)16(8)27-12-5-10(20-6-12)4-11(7-22)19-3/h8-14,19-20,22-23H,4-7H2,1-3H3,(H,25,26)/t8-,9-,10-,11?,12+,13-,14-/m1/s1. The number of amides is 1. The molecule has 3 aliphatic rings. The summed E-state index contributed by atoms with van der Waals surface area (Å²) in [4.78, 5) is 26.3. The Morgan fingerprint density at radius 1 is 1.48 bits per heavy atom. The maximum absolute atomic E-state index is 12.4. The molecule has 0 aromatic heterocycles. The van der Waals surface area contributed by atoms with Gasteiger partial charge in [0.2, 0.25) is 5.91 Å². The van der Waals surface area contributed by atoms with E-state index in [0.717, 1.165) is 24.3 Å². The van der Waals surface area contributed by atoms with Crippen molar-refractivity contribution in [2.75, 3.05) is 20.2 Å². The van der Waals surface area contributed by atoms with Crippen LogP contribution >= 0.6 is 11.8 Å². The molecule has 3 aliphatic heterocycles. The second-order valence-electron chi connectivity index (χ2n) is 7.76. The third kappa shape index (κ3) is 3.63. The van der Waals surface area contributed by atoms with Gasteiger partial charge in [0, 0.05) is 34.7 Å². The third-order valence-corrected chi connectivity index (χ3v) is 7.50. The number of carbonyl (C=O) groups excluding carboxylic acids is 1. The zero-order valence-electron chi connectivity index (χ0n) is 15.9. The van der Waals surface area contributed by atoms with Crippen LogP contribution in [-0.4, -0.2) is 81.8 Å². The number of β-lactam (4-membered cyclic amide) rings is 1. The van der Waals surface area contributed by atoms with E-state index in [1.165, 1.54) is 4.90 Å². The number of aliphatic hydroxyl groups excluding tert-OH is 2. The molecule has 7 atom stereocenters. The predicted molar refractivity (Wildman–Crippen MR) is 102 cm³/mol. The third-order valence-electron chi connectivity index (χ3n) is 5.98. The summed E-state index contributed by atoms with van der Waals surface area (Å²) in [5.74, 6) is -2.00. The molecule has 5 N–H and O–H groups in total. The lowest BCUT2D eigenvalue weighted by atomic mass is 9.79. The van der Waals surface area contributed by atoms with Crippen LogP contribution in [0.4, 0.5) is 0 Å². The zero-order valence-corrected chi connectivity index (χ0v) is 16.7. The number of thioether (sulfide) groups is 1. The number of carboxylic acid groups (broad SMARTS) is 1. The summed E-state index contributed by atoms with van der Waals surface area (Å²) in [5, 5.41) is 35.7. The van der Waals surface area contributed by atoms with Gasteiger partial charge < -0.3 is 30.9 Å². The van der Waals surface area contributed by atoms with Gasteiger partial charge in [-0.25, -0.2) is 4.79 Å². The van der Waals surface area contributed by atoms with Crippen LogP contribution in [0.25, 0.3) is 0 Å². The highest BCUT2D eigenvalue weighted by Crippen LogP contribution is 2.51. The molecule has 152 valence electrons. The topological polar surface area (TPSA) is 122 Å². The zero-order chi connectivity index (χ0) is 19.9. The van der Waals surface area contributed by atoms with Gasteiger partial charge in [-0.15, -0.1) is 11.8 Å². The highest BCUT2D eigenvalue weighted by atomic mass is 32.2. The first-order valence-corrected chi connectivity index (χ1v) is 10.3. The van der Waals surface area contributed by atoms with Crippen molar-refractivity contribution in [1.82, 2.24) is 15.5 Å². The van der Waals surface area contributed by atoms with Crippen molar-refractivity contribution in [2.45, 2.75) is 56.2 Å². The maximum Gasteiger partial charge on any atom is 0.353 e. The average molecular weight is 400 g/mol. The largest absolute Gasteiger partial charge is 0.477 e. The van der Waals surface area contributed by atoms with Gasteiger partial charge in [-0.3, -0.25) is 4.79 Å². The summed E-state index contributed by atoms with van der Waals surface area (Å²) in [6.45, 7) is 4.37. The smallest absolute Gasteiger partial charge is 0.353 e. The molecule has 27 heavy (non-hydrogen) atoms. The van der Waals surface area contributed by atoms with Gasteiger partial charge in [0.25, 0.3) is 0 Å². The van der Waals surface area contributed by atoms with Gasteiger partial charge in [-0.2, -0.15) is 0 Å². The monoisotopic (exact) mass is 399 g/mol. The fourth-order valence-electron chi connectivity index (χ4n) is 4.54. The number of likely N-dealkylation sites (N-methyl/N-ethyl adjacent to an activating group) is 1. The van der Waals surface area contributed by atoms with E-state index in [1.54, 1.807) is 18.7 Å². The Morgan fingerprint density at radius 2 is 2.19 bits per heavy atom. The number of carboxylic acids is 1. The van der Waals surface area contributed by atoms with E-state index in [-0.39, 0.29) is 47.5 Å². The second-order valence-corrected chi connectivity index (χ2v) is 9.10. The van der Waals surface area contributed by atoms with Crippen molar-refractivity contribution in [2.24, 2.45) is 11.8 Å². The first-order chi connectivity index (χ1) is 12.8. The number of nitrogens with one attached hydrogen (secondary N) is 2. The lowest BCUT2D eigenvalue weighted by molar-refractivity contribution is -0.163. The Morgan fingerprint density at radius 3 is 2.74 bits per heavy atom. The number of hydrogen-bond donors (Lipinski definition) is 5. The number of nitrogens with zero attached hydrogens (tertiary/aromatic N) is 1. The second kappa shape index (κ2) is 8.08. The maximum atomic E-state index is 12.4. The van der Waals surface area contributed by atoms with E-state index in [0.29, 0.717) is 0 Å². The molecule has 1 amide bonds. The minimum atomic E-state index is -1.08. The summed E-state index contributed by atoms with van der Waals surface area (Å²) in [5.41, 5.74) is 0.0892. The Kier molecular flexibility index (Phi) is 6.17. The van der Waals surface area contributed by atoms with Crippen molar-refractivity contribution in [1.29, 1.82) is 0 Å². The number of fused-ring (bicyclic) bond motifs is 1. The predicted octanol–water partition coefficient (Wildman–Crippen LogP) is -0.426. The van der Waals surface area contributed by atoms with Crippen LogP contribution in [0.5, 0.6) is 0 Å². The SMILES string of the molecule is CNC(CO)C[C@@H]1C[C@H](SC2=C(C(=O)O)N3C(=O)[C@H]([C@@H](C)O)[C@H]3[C@H]2C)CN1. The quantitative estimate of drug-likeness (QED) is 0.349. The number of aliphatic carboxylic acids is 1. The first-order valence-electron chi connectivity index (χ1n) is 9.46. The minimum Gasteiger partial charge on any atom is -0.477 e. The molecule has 0 radical (unpaired) electrons. The molecular weight excluding hydrogens is 370 g/mol. The van der Waals surface area contributed by atoms with Gasteiger partial charge in [0.1, 0.15) is 5.70 Å². The Balaban J connectivity index is 1.71. The van der Waals surface area contributed by atoms with Crippen LogP contribution in [0.1, 0.15) is 26.7 Å². The van der Waals surface area contributed by atoms with E-state index < -0.39 is 18.0 Å². The highest BCUT2D eigenvalue weighted by Gasteiger charge is 2.60. The molecule has 0 bridgehead atoms. The molecule has 0 saturated carbocycles. The van der Waals surface area contributed by atoms with Crippen molar-refractivity contribution >= 4 is 23.6 Å². The number of rotatable bonds is 8. The molecule has 2 fully saturated rings. The fraction of sp³-hybridized carbons (Fsp3) is 0.778. The van der Waals surface area contributed by atoms with E-state index in [1.807, 2.05) is 14.0 Å². The van der Waals surface area contributed by atoms with Crippen molar-refractivity contribution in [3.63, 3.8) is 0 Å².